The molecular weight excluding hydrogens is 320 g/mol. The van der Waals surface area contributed by atoms with Gasteiger partial charge in [0.15, 0.2) is 5.78 Å². The van der Waals surface area contributed by atoms with Gasteiger partial charge in [0.1, 0.15) is 5.78 Å². The van der Waals surface area contributed by atoms with Crippen LogP contribution in [0.3, 0.4) is 0 Å². The van der Waals surface area contributed by atoms with Gasteiger partial charge in [-0.2, -0.15) is 0 Å². The minimum Gasteiger partial charge on any atom is -0.299 e. The summed E-state index contributed by atoms with van der Waals surface area (Å²) >= 11 is 0. The maximum atomic E-state index is 12.7. The molecule has 3 aliphatic rings. The molecule has 3 atom stereocenters. The molecule has 0 saturated heterocycles. The van der Waals surface area contributed by atoms with E-state index in [9.17, 15) is 9.59 Å². The highest BCUT2D eigenvalue weighted by molar-refractivity contribution is 5.95. The van der Waals surface area contributed by atoms with Crippen molar-refractivity contribution in [3.63, 3.8) is 0 Å². The van der Waals surface area contributed by atoms with Crippen LogP contribution in [0.15, 0.2) is 23.8 Å². The lowest BCUT2D eigenvalue weighted by molar-refractivity contribution is -0.123. The van der Waals surface area contributed by atoms with Crippen molar-refractivity contribution in [2.45, 2.75) is 96.3 Å². The molecule has 0 aromatic heterocycles. The van der Waals surface area contributed by atoms with Gasteiger partial charge in [-0.1, -0.05) is 63.2 Å². The summed E-state index contributed by atoms with van der Waals surface area (Å²) in [6.45, 7) is 0. The first kappa shape index (κ1) is 19.6. The van der Waals surface area contributed by atoms with Crippen molar-refractivity contribution < 1.29 is 9.59 Å². The minimum atomic E-state index is 0.313. The third-order valence-electron chi connectivity index (χ3n) is 6.93. The van der Waals surface area contributed by atoms with Gasteiger partial charge in [0, 0.05) is 18.8 Å². The van der Waals surface area contributed by atoms with Crippen LogP contribution in [0.1, 0.15) is 96.3 Å². The second-order valence-corrected chi connectivity index (χ2v) is 8.76. The van der Waals surface area contributed by atoms with Gasteiger partial charge in [-0.25, -0.2) is 0 Å². The van der Waals surface area contributed by atoms with Crippen molar-refractivity contribution in [3.05, 3.63) is 23.8 Å². The fraction of sp³-hybridized carbons (Fsp3) is 0.750. The molecule has 0 spiro atoms. The molecule has 0 bridgehead atoms. The number of hydrogen-bond acceptors (Lipinski definition) is 2. The van der Waals surface area contributed by atoms with E-state index in [1.165, 1.54) is 44.9 Å². The Morgan fingerprint density at radius 2 is 1.62 bits per heavy atom. The molecule has 26 heavy (non-hydrogen) atoms. The Morgan fingerprint density at radius 3 is 2.42 bits per heavy atom. The summed E-state index contributed by atoms with van der Waals surface area (Å²) in [5, 5.41) is 0. The zero-order chi connectivity index (χ0) is 18.2. The van der Waals surface area contributed by atoms with Gasteiger partial charge >= 0.3 is 0 Å². The summed E-state index contributed by atoms with van der Waals surface area (Å²) < 4.78 is 0. The number of hydrogen-bond donors (Lipinski definition) is 0. The van der Waals surface area contributed by atoms with E-state index in [4.69, 9.17) is 0 Å². The van der Waals surface area contributed by atoms with Crippen LogP contribution in [0.2, 0.25) is 0 Å². The topological polar surface area (TPSA) is 34.1 Å². The molecule has 0 aromatic carbocycles. The third kappa shape index (κ3) is 5.66. The van der Waals surface area contributed by atoms with Gasteiger partial charge < -0.3 is 0 Å². The predicted molar refractivity (Wildman–Crippen MR) is 107 cm³/mol. The first-order chi connectivity index (χ1) is 12.7. The second-order valence-electron chi connectivity index (χ2n) is 8.76. The van der Waals surface area contributed by atoms with Crippen LogP contribution in [0.25, 0.3) is 0 Å². The highest BCUT2D eigenvalue weighted by Gasteiger charge is 2.32. The van der Waals surface area contributed by atoms with E-state index in [-0.39, 0.29) is 0 Å². The number of ketones is 2. The lowest BCUT2D eigenvalue weighted by atomic mass is 9.75. The van der Waals surface area contributed by atoms with E-state index < -0.39 is 0 Å². The fourth-order valence-electron chi connectivity index (χ4n) is 5.33. The van der Waals surface area contributed by atoms with Crippen LogP contribution in [-0.2, 0) is 9.59 Å². The van der Waals surface area contributed by atoms with Crippen LogP contribution in [0.4, 0.5) is 0 Å². The summed E-state index contributed by atoms with van der Waals surface area (Å²) in [5.41, 5.74) is 0.990. The Kier molecular flexibility index (Phi) is 7.70. The molecule has 2 heteroatoms. The van der Waals surface area contributed by atoms with Gasteiger partial charge in [-0.15, -0.1) is 0 Å². The molecular formula is C24H36O2. The molecule has 0 aliphatic heterocycles. The Balaban J connectivity index is 1.32. The number of unbranched alkanes of at least 4 members (excludes halogenated alkanes) is 2. The van der Waals surface area contributed by atoms with Crippen LogP contribution in [-0.4, -0.2) is 11.6 Å². The molecule has 3 aliphatic carbocycles. The minimum absolute atomic E-state index is 0.313. The average molecular weight is 357 g/mol. The molecule has 2 nitrogen and oxygen atoms in total. The number of carbonyl (C=O) groups excluding carboxylic acids is 2. The largest absolute Gasteiger partial charge is 0.299 e. The standard InChI is InChI=1S/C24H36O2/c25-23(20-11-3-1-4-12-20)16-5-2-6-17-24(26)22-15-9-14-19-10-7-8-13-21(19)18-22/h1,3,12,19,21-22H,2,4-11,13-18H2. The predicted octanol–water partition coefficient (Wildman–Crippen LogP) is 6.35. The lowest BCUT2D eigenvalue weighted by Gasteiger charge is -2.30. The van der Waals surface area contributed by atoms with E-state index in [0.29, 0.717) is 23.9 Å². The second kappa shape index (κ2) is 10.2. The van der Waals surface area contributed by atoms with Crippen molar-refractivity contribution in [1.29, 1.82) is 0 Å². The molecule has 144 valence electrons. The maximum Gasteiger partial charge on any atom is 0.158 e. The lowest BCUT2D eigenvalue weighted by Crippen LogP contribution is -2.22. The Hall–Kier alpha value is -1.18. The van der Waals surface area contributed by atoms with E-state index in [2.05, 4.69) is 18.2 Å². The molecule has 0 aromatic rings. The number of carbonyl (C=O) groups is 2. The van der Waals surface area contributed by atoms with Gasteiger partial charge in [-0.3, -0.25) is 9.59 Å². The van der Waals surface area contributed by atoms with Crippen LogP contribution in [0, 0.1) is 17.8 Å². The number of Topliss-reactive ketones (excluding diaryl/α,β-unsaturated/α-hetero) is 2. The van der Waals surface area contributed by atoms with E-state index in [1.807, 2.05) is 0 Å². The zero-order valence-corrected chi connectivity index (χ0v) is 16.4. The monoisotopic (exact) mass is 356 g/mol. The third-order valence-corrected chi connectivity index (χ3v) is 6.93. The Bertz CT molecular complexity index is 542. The molecule has 2 saturated carbocycles. The van der Waals surface area contributed by atoms with Gasteiger partial charge in [0.2, 0.25) is 0 Å². The zero-order valence-electron chi connectivity index (χ0n) is 16.4. The van der Waals surface area contributed by atoms with Crippen molar-refractivity contribution in [2.75, 3.05) is 0 Å². The summed E-state index contributed by atoms with van der Waals surface area (Å²) in [5.74, 6) is 2.91. The molecule has 0 radical (unpaired) electrons. The van der Waals surface area contributed by atoms with Crippen LogP contribution in [0.5, 0.6) is 0 Å². The number of allylic oxidation sites excluding steroid dienone is 4. The first-order valence-electron chi connectivity index (χ1n) is 11.1. The Morgan fingerprint density at radius 1 is 0.846 bits per heavy atom. The highest BCUT2D eigenvalue weighted by atomic mass is 16.1. The molecule has 0 amide bonds. The van der Waals surface area contributed by atoms with Crippen molar-refractivity contribution in [3.8, 4) is 0 Å². The summed E-state index contributed by atoms with van der Waals surface area (Å²) in [4.78, 5) is 24.8. The van der Waals surface area contributed by atoms with E-state index in [0.717, 1.165) is 62.4 Å². The number of rotatable bonds is 8. The number of fused-ring (bicyclic) bond motifs is 1. The first-order valence-corrected chi connectivity index (χ1v) is 11.1. The van der Waals surface area contributed by atoms with Crippen molar-refractivity contribution in [1.82, 2.24) is 0 Å². The summed E-state index contributed by atoms with van der Waals surface area (Å²) in [7, 11) is 0. The van der Waals surface area contributed by atoms with Crippen LogP contribution >= 0.6 is 0 Å². The van der Waals surface area contributed by atoms with Gasteiger partial charge in [0.25, 0.3) is 0 Å². The van der Waals surface area contributed by atoms with Crippen molar-refractivity contribution in [2.24, 2.45) is 17.8 Å². The quantitative estimate of drug-likeness (QED) is 0.375. The molecule has 3 unspecified atom stereocenters. The van der Waals surface area contributed by atoms with E-state index in [1.54, 1.807) is 0 Å². The molecule has 0 N–H and O–H groups in total. The molecule has 2 fully saturated rings. The van der Waals surface area contributed by atoms with Crippen molar-refractivity contribution >= 4 is 11.6 Å². The Labute approximate surface area is 159 Å². The summed E-state index contributed by atoms with van der Waals surface area (Å²) in [6, 6.07) is 0. The fourth-order valence-corrected chi connectivity index (χ4v) is 5.33. The van der Waals surface area contributed by atoms with E-state index >= 15 is 0 Å². The average Bonchev–Trinajstić information content (AvgIpc) is 2.90. The smallest absolute Gasteiger partial charge is 0.158 e. The molecule has 0 heterocycles. The van der Waals surface area contributed by atoms with Gasteiger partial charge in [0.05, 0.1) is 0 Å². The SMILES string of the molecule is O=C(CCCCCC(=O)C1CCCC2CCCCC2C1)C1=CCC=CC1. The normalized spacial score (nSPS) is 28.8. The molecule has 3 rings (SSSR count). The highest BCUT2D eigenvalue weighted by Crippen LogP contribution is 2.41. The summed E-state index contributed by atoms with van der Waals surface area (Å²) in [6.07, 6.45) is 22.8. The van der Waals surface area contributed by atoms with Crippen LogP contribution < -0.4 is 0 Å². The maximum absolute atomic E-state index is 12.7. The van der Waals surface area contributed by atoms with Gasteiger partial charge in [-0.05, 0) is 55.9 Å².